The number of rotatable bonds is 38. The van der Waals surface area contributed by atoms with Crippen LogP contribution in [0, 0.1) is 0 Å². The first-order valence-corrected chi connectivity index (χ1v) is 23.3. The van der Waals surface area contributed by atoms with Crippen molar-refractivity contribution < 1.29 is 44.9 Å². The van der Waals surface area contributed by atoms with Gasteiger partial charge in [0.2, 0.25) is 5.91 Å². The van der Waals surface area contributed by atoms with Gasteiger partial charge in [0.15, 0.2) is 6.29 Å². The van der Waals surface area contributed by atoms with Crippen molar-refractivity contribution in [3.05, 3.63) is 36.5 Å². The maximum Gasteiger partial charge on any atom is 0.249 e. The number of hydrogen-bond acceptors (Lipinski definition) is 9. The number of amides is 1. The van der Waals surface area contributed by atoms with E-state index in [-0.39, 0.29) is 13.0 Å². The van der Waals surface area contributed by atoms with E-state index in [9.17, 15) is 35.4 Å². The lowest BCUT2D eigenvalue weighted by Gasteiger charge is -2.40. The van der Waals surface area contributed by atoms with Gasteiger partial charge in [-0.2, -0.15) is 0 Å². The average Bonchev–Trinajstić information content (AvgIpc) is 3.21. The van der Waals surface area contributed by atoms with E-state index in [0.717, 1.165) is 44.9 Å². The van der Waals surface area contributed by atoms with Crippen molar-refractivity contribution in [3.8, 4) is 0 Å². The predicted molar refractivity (Wildman–Crippen MR) is 232 cm³/mol. The van der Waals surface area contributed by atoms with Crippen LogP contribution in [0.3, 0.4) is 0 Å². The van der Waals surface area contributed by atoms with Crippen LogP contribution in [-0.2, 0) is 14.3 Å². The van der Waals surface area contributed by atoms with Gasteiger partial charge in [-0.25, -0.2) is 0 Å². The number of allylic oxidation sites excluding steroid dienone is 5. The third-order valence-corrected chi connectivity index (χ3v) is 11.0. The van der Waals surface area contributed by atoms with Gasteiger partial charge in [-0.05, 0) is 57.8 Å². The van der Waals surface area contributed by atoms with Gasteiger partial charge in [0.25, 0.3) is 0 Å². The molecule has 1 saturated heterocycles. The molecule has 10 heteroatoms. The molecule has 0 aromatic carbocycles. The standard InChI is InChI=1S/C47H87NO9/c1-3-5-7-9-11-13-15-17-19-20-22-23-25-27-29-31-33-35-40(50)39(38-56-47-45(54)44(53)43(52)42(37-49)57-47)48-46(55)41(51)36-34-32-30-28-26-24-21-18-16-14-12-10-8-6-4-2/h21,24-25,27,33,35,39-45,47,49-54H,3-20,22-23,26,28-32,34,36-38H2,1-2H3,(H,48,55)/b24-21-,27-25+,35-33+. The number of nitrogens with one attached hydrogen (secondary N) is 1. The van der Waals surface area contributed by atoms with Gasteiger partial charge in [0.1, 0.15) is 30.5 Å². The zero-order valence-electron chi connectivity index (χ0n) is 36.2. The first-order valence-electron chi connectivity index (χ1n) is 23.3. The average molecular weight is 810 g/mol. The van der Waals surface area contributed by atoms with Crippen LogP contribution in [0.4, 0.5) is 0 Å². The molecule has 334 valence electrons. The summed E-state index contributed by atoms with van der Waals surface area (Å²) in [6, 6.07) is -1.000. The summed E-state index contributed by atoms with van der Waals surface area (Å²) in [7, 11) is 0. The molecule has 0 bridgehead atoms. The number of aliphatic hydroxyl groups excluding tert-OH is 6. The minimum Gasteiger partial charge on any atom is -0.394 e. The third kappa shape index (κ3) is 27.7. The van der Waals surface area contributed by atoms with E-state index in [1.807, 2.05) is 6.08 Å². The molecule has 1 heterocycles. The van der Waals surface area contributed by atoms with Crippen molar-refractivity contribution >= 4 is 5.91 Å². The van der Waals surface area contributed by atoms with Gasteiger partial charge in [-0.3, -0.25) is 4.79 Å². The fourth-order valence-electron chi connectivity index (χ4n) is 7.17. The van der Waals surface area contributed by atoms with E-state index in [1.54, 1.807) is 6.08 Å². The molecule has 0 spiro atoms. The van der Waals surface area contributed by atoms with Crippen molar-refractivity contribution in [2.24, 2.45) is 0 Å². The Kier molecular flexibility index (Phi) is 35.0. The summed E-state index contributed by atoms with van der Waals surface area (Å²) >= 11 is 0. The molecule has 57 heavy (non-hydrogen) atoms. The summed E-state index contributed by atoms with van der Waals surface area (Å²) in [5.41, 5.74) is 0. The van der Waals surface area contributed by atoms with Crippen molar-refractivity contribution in [2.75, 3.05) is 13.2 Å². The van der Waals surface area contributed by atoms with E-state index < -0.39 is 61.5 Å². The Hall–Kier alpha value is -1.63. The largest absolute Gasteiger partial charge is 0.394 e. The monoisotopic (exact) mass is 810 g/mol. The molecular formula is C47H87NO9. The Labute approximate surface area is 347 Å². The smallest absolute Gasteiger partial charge is 0.249 e. The Morgan fingerprint density at radius 2 is 1.04 bits per heavy atom. The van der Waals surface area contributed by atoms with Crippen molar-refractivity contribution in [1.29, 1.82) is 0 Å². The summed E-state index contributed by atoms with van der Waals surface area (Å²) in [6.07, 6.45) is 35.1. The summed E-state index contributed by atoms with van der Waals surface area (Å²) in [5, 5.41) is 64.6. The van der Waals surface area contributed by atoms with E-state index in [2.05, 4.69) is 43.5 Å². The Balaban J connectivity index is 2.46. The molecule has 0 aliphatic carbocycles. The molecule has 1 aliphatic rings. The number of aliphatic hydroxyl groups is 6. The molecular weight excluding hydrogens is 723 g/mol. The molecule has 10 nitrogen and oxygen atoms in total. The number of carbonyl (C=O) groups is 1. The SMILES string of the molecule is CCCCCCCCC/C=C\CCCCCCC(O)C(=O)NC(COC1OC(CO)C(O)C(O)C1O)C(O)/C=C/CC/C=C/CCCCCCCCCCCCC. The van der Waals surface area contributed by atoms with Gasteiger partial charge < -0.3 is 45.4 Å². The third-order valence-electron chi connectivity index (χ3n) is 11.0. The Morgan fingerprint density at radius 3 is 1.53 bits per heavy atom. The highest BCUT2D eigenvalue weighted by Crippen LogP contribution is 2.22. The topological polar surface area (TPSA) is 169 Å². The number of hydrogen-bond donors (Lipinski definition) is 7. The summed E-state index contributed by atoms with van der Waals surface area (Å²) in [5.74, 6) is -0.636. The van der Waals surface area contributed by atoms with E-state index in [0.29, 0.717) is 12.8 Å². The zero-order valence-corrected chi connectivity index (χ0v) is 36.2. The van der Waals surface area contributed by atoms with Gasteiger partial charge in [0.05, 0.1) is 25.4 Å². The van der Waals surface area contributed by atoms with Gasteiger partial charge >= 0.3 is 0 Å². The molecule has 0 radical (unpaired) electrons. The maximum atomic E-state index is 13.0. The van der Waals surface area contributed by atoms with Crippen LogP contribution in [0.25, 0.3) is 0 Å². The van der Waals surface area contributed by atoms with E-state index in [4.69, 9.17) is 9.47 Å². The molecule has 7 N–H and O–H groups in total. The van der Waals surface area contributed by atoms with Crippen molar-refractivity contribution in [2.45, 2.75) is 243 Å². The van der Waals surface area contributed by atoms with Crippen LogP contribution >= 0.6 is 0 Å². The second-order valence-electron chi connectivity index (χ2n) is 16.3. The maximum absolute atomic E-state index is 13.0. The lowest BCUT2D eigenvalue weighted by atomic mass is 9.99. The summed E-state index contributed by atoms with van der Waals surface area (Å²) < 4.78 is 11.1. The van der Waals surface area contributed by atoms with Crippen LogP contribution in [-0.4, -0.2) is 98.7 Å². The molecule has 1 aliphatic heterocycles. The van der Waals surface area contributed by atoms with Gasteiger partial charge in [0, 0.05) is 0 Å². The fourth-order valence-corrected chi connectivity index (χ4v) is 7.17. The second kappa shape index (κ2) is 37.4. The Morgan fingerprint density at radius 1 is 0.596 bits per heavy atom. The van der Waals surface area contributed by atoms with Gasteiger partial charge in [-0.1, -0.05) is 172 Å². The number of carbonyl (C=O) groups excluding carboxylic acids is 1. The zero-order chi connectivity index (χ0) is 41.8. The molecule has 1 fully saturated rings. The van der Waals surface area contributed by atoms with Crippen molar-refractivity contribution in [3.63, 3.8) is 0 Å². The molecule has 0 aromatic heterocycles. The lowest BCUT2D eigenvalue weighted by Crippen LogP contribution is -2.60. The van der Waals surface area contributed by atoms with E-state index >= 15 is 0 Å². The fraction of sp³-hybridized carbons (Fsp3) is 0.851. The van der Waals surface area contributed by atoms with Crippen LogP contribution < -0.4 is 5.32 Å². The number of ether oxygens (including phenoxy) is 2. The molecule has 0 aromatic rings. The van der Waals surface area contributed by atoms with Crippen LogP contribution in [0.1, 0.15) is 194 Å². The van der Waals surface area contributed by atoms with Crippen LogP contribution in [0.2, 0.25) is 0 Å². The quantitative estimate of drug-likeness (QED) is 0.0239. The normalized spacial score (nSPS) is 21.9. The summed E-state index contributed by atoms with van der Waals surface area (Å²) in [6.45, 7) is 3.57. The molecule has 8 unspecified atom stereocenters. The molecule has 1 amide bonds. The highest BCUT2D eigenvalue weighted by molar-refractivity contribution is 5.80. The van der Waals surface area contributed by atoms with Crippen LogP contribution in [0.15, 0.2) is 36.5 Å². The highest BCUT2D eigenvalue weighted by Gasteiger charge is 2.44. The minimum absolute atomic E-state index is 0.289. The molecule has 1 rings (SSSR count). The highest BCUT2D eigenvalue weighted by atomic mass is 16.7. The summed E-state index contributed by atoms with van der Waals surface area (Å²) in [4.78, 5) is 13.0. The van der Waals surface area contributed by atoms with Crippen LogP contribution in [0.5, 0.6) is 0 Å². The Bertz CT molecular complexity index is 1010. The first kappa shape index (κ1) is 53.4. The number of unbranched alkanes of at least 4 members (excludes halogenated alkanes) is 23. The van der Waals surface area contributed by atoms with Gasteiger partial charge in [-0.15, -0.1) is 0 Å². The van der Waals surface area contributed by atoms with Crippen molar-refractivity contribution in [1.82, 2.24) is 5.32 Å². The second-order valence-corrected chi connectivity index (χ2v) is 16.3. The lowest BCUT2D eigenvalue weighted by molar-refractivity contribution is -0.302. The van der Waals surface area contributed by atoms with E-state index in [1.165, 1.54) is 116 Å². The first-order chi connectivity index (χ1) is 27.8. The molecule has 0 saturated carbocycles. The molecule has 8 atom stereocenters. The minimum atomic E-state index is -1.62. The predicted octanol–water partition coefficient (Wildman–Crippen LogP) is 8.64.